The van der Waals surface area contributed by atoms with Gasteiger partial charge >= 0.3 is 0 Å². The number of piperazine rings is 1. The van der Waals surface area contributed by atoms with E-state index in [2.05, 4.69) is 45.0 Å². The van der Waals surface area contributed by atoms with E-state index < -0.39 is 0 Å². The lowest BCUT2D eigenvalue weighted by Crippen LogP contribution is -2.49. The molecule has 1 fully saturated rings. The van der Waals surface area contributed by atoms with Crippen LogP contribution in [0.15, 0.2) is 52.5 Å². The molecule has 1 aliphatic heterocycles. The molecule has 0 atom stereocenters. The fraction of sp³-hybridized carbons (Fsp3) is 0.280. The highest BCUT2D eigenvalue weighted by atomic mass is 79.9. The van der Waals surface area contributed by atoms with Crippen molar-refractivity contribution in [3.05, 3.63) is 58.1 Å². The quantitative estimate of drug-likeness (QED) is 0.329. The van der Waals surface area contributed by atoms with Gasteiger partial charge in [-0.05, 0) is 58.8 Å². The van der Waals surface area contributed by atoms with Crippen LogP contribution in [-0.2, 0) is 4.79 Å². The van der Waals surface area contributed by atoms with E-state index in [-0.39, 0.29) is 18.1 Å². The maximum absolute atomic E-state index is 13.0. The van der Waals surface area contributed by atoms with Gasteiger partial charge in [-0.3, -0.25) is 4.79 Å². The Bertz CT molecular complexity index is 1060. The first-order valence-electron chi connectivity index (χ1n) is 10.3. The van der Waals surface area contributed by atoms with Gasteiger partial charge in [0.1, 0.15) is 18.2 Å². The zero-order valence-electron chi connectivity index (χ0n) is 17.9. The summed E-state index contributed by atoms with van der Waals surface area (Å²) in [6.45, 7) is 4.94. The number of carbonyl (C=O) groups excluding carboxylic acids is 1. The number of ether oxygens (including phenoxy) is 2. The van der Waals surface area contributed by atoms with E-state index in [9.17, 15) is 10.1 Å². The normalized spacial score (nSPS) is 13.8. The smallest absolute Gasteiger partial charge is 0.264 e. The highest BCUT2D eigenvalue weighted by Gasteiger charge is 2.24. The Morgan fingerprint density at radius 3 is 2.53 bits per heavy atom. The van der Waals surface area contributed by atoms with Gasteiger partial charge in [0.05, 0.1) is 11.1 Å². The molecule has 0 N–H and O–H groups in total. The van der Waals surface area contributed by atoms with E-state index in [0.717, 1.165) is 18.8 Å². The summed E-state index contributed by atoms with van der Waals surface area (Å²) in [6.07, 6.45) is 6.86. The van der Waals surface area contributed by atoms with Gasteiger partial charge in [0, 0.05) is 31.9 Å². The number of anilines is 1. The van der Waals surface area contributed by atoms with Gasteiger partial charge in [-0.25, -0.2) is 0 Å². The lowest BCUT2D eigenvalue weighted by Gasteiger charge is -2.36. The summed E-state index contributed by atoms with van der Waals surface area (Å²) in [4.78, 5) is 17.0. The van der Waals surface area contributed by atoms with Crippen molar-refractivity contribution in [3.8, 4) is 29.9 Å². The van der Waals surface area contributed by atoms with E-state index in [1.54, 1.807) is 23.1 Å². The Morgan fingerprint density at radius 2 is 1.91 bits per heavy atom. The largest absolute Gasteiger partial charge is 0.490 e. The van der Waals surface area contributed by atoms with Gasteiger partial charge in [-0.1, -0.05) is 24.1 Å². The van der Waals surface area contributed by atoms with Crippen molar-refractivity contribution < 1.29 is 14.3 Å². The number of terminal acetylenes is 1. The number of nitriles is 1. The number of carbonyl (C=O) groups is 1. The zero-order chi connectivity index (χ0) is 22.9. The summed E-state index contributed by atoms with van der Waals surface area (Å²) >= 11 is 3.47. The topological polar surface area (TPSA) is 65.8 Å². The molecule has 1 saturated heterocycles. The number of hydrogen-bond acceptors (Lipinski definition) is 5. The second-order valence-electron chi connectivity index (χ2n) is 7.04. The van der Waals surface area contributed by atoms with Gasteiger partial charge in [0.15, 0.2) is 11.5 Å². The molecule has 6 nitrogen and oxygen atoms in total. The lowest BCUT2D eigenvalue weighted by atomic mass is 10.1. The molecule has 0 radical (unpaired) electrons. The Morgan fingerprint density at radius 1 is 1.19 bits per heavy atom. The fourth-order valence-electron chi connectivity index (χ4n) is 3.47. The number of para-hydroxylation sites is 1. The van der Waals surface area contributed by atoms with Crippen LogP contribution < -0.4 is 14.4 Å². The van der Waals surface area contributed by atoms with Gasteiger partial charge in [0.2, 0.25) is 0 Å². The van der Waals surface area contributed by atoms with Crippen LogP contribution in [0.4, 0.5) is 5.69 Å². The third-order valence-electron chi connectivity index (χ3n) is 4.98. The van der Waals surface area contributed by atoms with E-state index in [0.29, 0.717) is 41.2 Å². The summed E-state index contributed by atoms with van der Waals surface area (Å²) in [5.74, 6) is 3.13. The minimum Gasteiger partial charge on any atom is -0.490 e. The number of nitrogens with zero attached hydrogens (tertiary/aromatic N) is 3. The predicted octanol–water partition coefficient (Wildman–Crippen LogP) is 4.12. The van der Waals surface area contributed by atoms with Crippen molar-refractivity contribution in [3.63, 3.8) is 0 Å². The second kappa shape index (κ2) is 11.3. The standard InChI is InChI=1S/C25H24BrN3O3/c1-3-14-32-24-22(26)16-19(17-23(24)31-4-2)15-20(18-27)25(30)29-12-10-28(11-13-29)21-8-6-5-7-9-21/h1,5-9,15-17H,4,10-14H2,2H3/b20-15-. The van der Waals surface area contributed by atoms with Crippen molar-refractivity contribution in [1.82, 2.24) is 4.90 Å². The van der Waals surface area contributed by atoms with Crippen LogP contribution >= 0.6 is 15.9 Å². The van der Waals surface area contributed by atoms with Crippen LogP contribution in [0.1, 0.15) is 12.5 Å². The first-order valence-corrected chi connectivity index (χ1v) is 11.1. The average Bonchev–Trinajstić information content (AvgIpc) is 2.82. The summed E-state index contributed by atoms with van der Waals surface area (Å²) in [5.41, 5.74) is 1.86. The number of rotatable bonds is 7. The van der Waals surface area contributed by atoms with Gasteiger partial charge in [-0.15, -0.1) is 6.42 Å². The van der Waals surface area contributed by atoms with Crippen LogP contribution in [0.5, 0.6) is 11.5 Å². The lowest BCUT2D eigenvalue weighted by molar-refractivity contribution is -0.126. The molecule has 32 heavy (non-hydrogen) atoms. The number of benzene rings is 2. The summed E-state index contributed by atoms with van der Waals surface area (Å²) in [6, 6.07) is 15.7. The molecule has 0 aromatic heterocycles. The molecule has 2 aromatic carbocycles. The minimum atomic E-state index is -0.276. The summed E-state index contributed by atoms with van der Waals surface area (Å²) in [5, 5.41) is 9.67. The van der Waals surface area contributed by atoms with Crippen LogP contribution in [0.2, 0.25) is 0 Å². The van der Waals surface area contributed by atoms with Crippen LogP contribution in [0.3, 0.4) is 0 Å². The molecule has 0 saturated carbocycles. The first kappa shape index (κ1) is 23.2. The summed E-state index contributed by atoms with van der Waals surface area (Å²) in [7, 11) is 0. The third kappa shape index (κ3) is 5.63. The highest BCUT2D eigenvalue weighted by Crippen LogP contribution is 2.37. The van der Waals surface area contributed by atoms with Crippen molar-refractivity contribution in [2.45, 2.75) is 6.92 Å². The van der Waals surface area contributed by atoms with E-state index in [1.165, 1.54) is 0 Å². The van der Waals surface area contributed by atoms with Crippen molar-refractivity contribution in [2.24, 2.45) is 0 Å². The highest BCUT2D eigenvalue weighted by molar-refractivity contribution is 9.10. The molecule has 164 valence electrons. The molecule has 0 bridgehead atoms. The molecule has 1 heterocycles. The third-order valence-corrected chi connectivity index (χ3v) is 5.57. The maximum atomic E-state index is 13.0. The molecular weight excluding hydrogens is 470 g/mol. The Labute approximate surface area is 197 Å². The van der Waals surface area contributed by atoms with E-state index >= 15 is 0 Å². The van der Waals surface area contributed by atoms with Crippen molar-refractivity contribution in [2.75, 3.05) is 44.3 Å². The SMILES string of the molecule is C#CCOc1c(Br)cc(/C=C(/C#N)C(=O)N2CCN(c3ccccc3)CC2)cc1OCC. The zero-order valence-corrected chi connectivity index (χ0v) is 19.5. The Hall–Kier alpha value is -3.42. The molecule has 0 spiro atoms. The first-order chi connectivity index (χ1) is 15.6. The van der Waals surface area contributed by atoms with Gasteiger partial charge in [0.25, 0.3) is 5.91 Å². The monoisotopic (exact) mass is 493 g/mol. The van der Waals surface area contributed by atoms with Gasteiger partial charge in [-0.2, -0.15) is 5.26 Å². The molecule has 1 aliphatic rings. The second-order valence-corrected chi connectivity index (χ2v) is 7.89. The molecule has 1 amide bonds. The van der Waals surface area contributed by atoms with Crippen molar-refractivity contribution >= 4 is 33.6 Å². The number of amides is 1. The molecule has 0 aliphatic carbocycles. The maximum Gasteiger partial charge on any atom is 0.264 e. The minimum absolute atomic E-state index is 0.0739. The molecule has 0 unspecified atom stereocenters. The van der Waals surface area contributed by atoms with Crippen molar-refractivity contribution in [1.29, 1.82) is 5.26 Å². The van der Waals surface area contributed by atoms with Crippen LogP contribution in [-0.4, -0.2) is 50.2 Å². The molecule has 3 rings (SSSR count). The molecule has 2 aromatic rings. The average molecular weight is 494 g/mol. The fourth-order valence-corrected chi connectivity index (χ4v) is 4.05. The summed E-state index contributed by atoms with van der Waals surface area (Å²) < 4.78 is 11.9. The Kier molecular flexibility index (Phi) is 8.19. The van der Waals surface area contributed by atoms with Crippen LogP contribution in [0.25, 0.3) is 6.08 Å². The van der Waals surface area contributed by atoms with Crippen LogP contribution in [0, 0.1) is 23.7 Å². The Balaban J connectivity index is 1.76. The molecular formula is C25H24BrN3O3. The predicted molar refractivity (Wildman–Crippen MR) is 128 cm³/mol. The van der Waals surface area contributed by atoms with E-state index in [4.69, 9.17) is 15.9 Å². The van der Waals surface area contributed by atoms with E-state index in [1.807, 2.05) is 25.1 Å². The number of hydrogen-bond donors (Lipinski definition) is 0. The van der Waals surface area contributed by atoms with Gasteiger partial charge < -0.3 is 19.3 Å². The molecule has 7 heteroatoms. The number of halogens is 1.